The topological polar surface area (TPSA) is 79.3 Å². The smallest absolute Gasteiger partial charge is 0.339 e. The SMILES string of the molecule is CC(=O)Nc1ncc(Br)cc1C(=O)O. The van der Waals surface area contributed by atoms with Crippen molar-refractivity contribution in [3.05, 3.63) is 22.3 Å². The van der Waals surface area contributed by atoms with Gasteiger partial charge in [-0.25, -0.2) is 9.78 Å². The molecule has 5 nitrogen and oxygen atoms in total. The second kappa shape index (κ2) is 4.19. The van der Waals surface area contributed by atoms with Crippen LogP contribution in [0, 0.1) is 0 Å². The highest BCUT2D eigenvalue weighted by Crippen LogP contribution is 2.17. The van der Waals surface area contributed by atoms with Crippen LogP contribution >= 0.6 is 15.9 Å². The first kappa shape index (κ1) is 10.6. The first-order valence-corrected chi connectivity index (χ1v) is 4.46. The lowest BCUT2D eigenvalue weighted by Gasteiger charge is -2.04. The number of carboxylic acids is 1. The second-order valence-electron chi connectivity index (χ2n) is 2.54. The van der Waals surface area contributed by atoms with Crippen LogP contribution in [-0.2, 0) is 4.79 Å². The Labute approximate surface area is 88.3 Å². The summed E-state index contributed by atoms with van der Waals surface area (Å²) in [6.45, 7) is 1.29. The van der Waals surface area contributed by atoms with Crippen LogP contribution in [0.4, 0.5) is 5.82 Å². The molecule has 0 saturated carbocycles. The van der Waals surface area contributed by atoms with E-state index in [0.717, 1.165) is 0 Å². The Bertz CT molecular complexity index is 392. The molecule has 74 valence electrons. The first-order valence-electron chi connectivity index (χ1n) is 3.67. The van der Waals surface area contributed by atoms with Crippen LogP contribution in [0.5, 0.6) is 0 Å². The van der Waals surface area contributed by atoms with Crippen molar-refractivity contribution < 1.29 is 14.7 Å². The van der Waals surface area contributed by atoms with Gasteiger partial charge in [0.25, 0.3) is 0 Å². The van der Waals surface area contributed by atoms with Crippen LogP contribution in [0.3, 0.4) is 0 Å². The largest absolute Gasteiger partial charge is 0.478 e. The van der Waals surface area contributed by atoms with Crippen LogP contribution < -0.4 is 5.32 Å². The Kier molecular flexibility index (Phi) is 3.19. The van der Waals surface area contributed by atoms with E-state index in [1.807, 2.05) is 0 Å². The molecule has 6 heteroatoms. The molecule has 0 aliphatic carbocycles. The van der Waals surface area contributed by atoms with Gasteiger partial charge in [0, 0.05) is 17.6 Å². The summed E-state index contributed by atoms with van der Waals surface area (Å²) in [6.07, 6.45) is 1.41. The number of amides is 1. The molecule has 2 N–H and O–H groups in total. The molecule has 14 heavy (non-hydrogen) atoms. The van der Waals surface area contributed by atoms with Crippen molar-refractivity contribution in [1.82, 2.24) is 4.98 Å². The molecular formula is C8H7BrN2O3. The lowest BCUT2D eigenvalue weighted by atomic mass is 10.2. The van der Waals surface area contributed by atoms with E-state index in [-0.39, 0.29) is 17.3 Å². The molecule has 1 amide bonds. The molecule has 1 aromatic heterocycles. The Morgan fingerprint density at radius 1 is 1.57 bits per heavy atom. The van der Waals surface area contributed by atoms with Crippen molar-refractivity contribution >= 4 is 33.6 Å². The number of carbonyl (C=O) groups is 2. The fourth-order valence-electron chi connectivity index (χ4n) is 0.869. The van der Waals surface area contributed by atoms with E-state index in [0.29, 0.717) is 4.47 Å². The number of carboxylic acid groups (broad SMARTS) is 1. The molecule has 0 aliphatic heterocycles. The predicted octanol–water partition coefficient (Wildman–Crippen LogP) is 1.50. The second-order valence-corrected chi connectivity index (χ2v) is 3.45. The molecule has 0 fully saturated rings. The van der Waals surface area contributed by atoms with Gasteiger partial charge >= 0.3 is 5.97 Å². The van der Waals surface area contributed by atoms with E-state index in [4.69, 9.17) is 5.11 Å². The highest BCUT2D eigenvalue weighted by atomic mass is 79.9. The summed E-state index contributed by atoms with van der Waals surface area (Å²) in [7, 11) is 0. The van der Waals surface area contributed by atoms with Gasteiger partial charge in [-0.3, -0.25) is 4.79 Å². The number of carbonyl (C=O) groups excluding carboxylic acids is 1. The molecule has 0 aliphatic rings. The zero-order valence-electron chi connectivity index (χ0n) is 7.24. The molecule has 0 unspecified atom stereocenters. The molecule has 0 atom stereocenters. The van der Waals surface area contributed by atoms with Gasteiger partial charge in [-0.1, -0.05) is 0 Å². The summed E-state index contributed by atoms with van der Waals surface area (Å²) < 4.78 is 0.545. The standard InChI is InChI=1S/C8H7BrN2O3/c1-4(12)11-7-6(8(13)14)2-5(9)3-10-7/h2-3H,1H3,(H,13,14)(H,10,11,12). The van der Waals surface area contributed by atoms with Crippen LogP contribution in [0.2, 0.25) is 0 Å². The number of nitrogens with zero attached hydrogens (tertiary/aromatic N) is 1. The molecule has 0 saturated heterocycles. The normalized spacial score (nSPS) is 9.57. The van der Waals surface area contributed by atoms with Crippen molar-refractivity contribution in [3.63, 3.8) is 0 Å². The Hall–Kier alpha value is -1.43. The molecule has 0 aromatic carbocycles. The molecule has 1 aromatic rings. The highest BCUT2D eigenvalue weighted by molar-refractivity contribution is 9.10. The number of nitrogens with one attached hydrogen (secondary N) is 1. The number of halogens is 1. The fourth-order valence-corrected chi connectivity index (χ4v) is 1.20. The third-order valence-corrected chi connectivity index (χ3v) is 1.81. The van der Waals surface area contributed by atoms with Crippen LogP contribution in [0.25, 0.3) is 0 Å². The van der Waals surface area contributed by atoms with Crippen molar-refractivity contribution in [2.45, 2.75) is 6.92 Å². The lowest BCUT2D eigenvalue weighted by Crippen LogP contribution is -2.12. The third kappa shape index (κ3) is 2.53. The molecular weight excluding hydrogens is 252 g/mol. The molecule has 1 heterocycles. The quantitative estimate of drug-likeness (QED) is 0.843. The van der Waals surface area contributed by atoms with E-state index in [9.17, 15) is 9.59 Å². The third-order valence-electron chi connectivity index (χ3n) is 1.38. The van der Waals surface area contributed by atoms with Crippen molar-refractivity contribution in [2.24, 2.45) is 0 Å². The summed E-state index contributed by atoms with van der Waals surface area (Å²) >= 11 is 3.09. The van der Waals surface area contributed by atoms with E-state index in [1.165, 1.54) is 19.2 Å². The van der Waals surface area contributed by atoms with Crippen molar-refractivity contribution in [2.75, 3.05) is 5.32 Å². The molecule has 1 rings (SSSR count). The summed E-state index contributed by atoms with van der Waals surface area (Å²) in [4.78, 5) is 25.2. The van der Waals surface area contributed by atoms with Gasteiger partial charge in [-0.05, 0) is 22.0 Å². The van der Waals surface area contributed by atoms with Gasteiger partial charge in [0.15, 0.2) is 0 Å². The number of hydrogen-bond acceptors (Lipinski definition) is 3. The minimum absolute atomic E-state index is 0.0467. The summed E-state index contributed by atoms with van der Waals surface area (Å²) in [5, 5.41) is 11.1. The molecule has 0 spiro atoms. The summed E-state index contributed by atoms with van der Waals surface area (Å²) in [5.41, 5.74) is -0.0467. The van der Waals surface area contributed by atoms with Crippen LogP contribution in [0.15, 0.2) is 16.7 Å². The van der Waals surface area contributed by atoms with Gasteiger partial charge in [-0.2, -0.15) is 0 Å². The van der Waals surface area contributed by atoms with E-state index in [1.54, 1.807) is 0 Å². The van der Waals surface area contributed by atoms with Crippen molar-refractivity contribution in [3.8, 4) is 0 Å². The average molecular weight is 259 g/mol. The van der Waals surface area contributed by atoms with Gasteiger partial charge in [-0.15, -0.1) is 0 Å². The summed E-state index contributed by atoms with van der Waals surface area (Å²) in [6, 6.07) is 1.38. The Morgan fingerprint density at radius 2 is 2.21 bits per heavy atom. The first-order chi connectivity index (χ1) is 6.50. The van der Waals surface area contributed by atoms with E-state index < -0.39 is 5.97 Å². The van der Waals surface area contributed by atoms with Crippen LogP contribution in [-0.4, -0.2) is 22.0 Å². The molecule has 0 bridgehead atoms. The predicted molar refractivity (Wildman–Crippen MR) is 53.2 cm³/mol. The van der Waals surface area contributed by atoms with E-state index >= 15 is 0 Å². The maximum atomic E-state index is 10.7. The minimum Gasteiger partial charge on any atom is -0.478 e. The number of aromatic nitrogens is 1. The number of pyridine rings is 1. The minimum atomic E-state index is -1.14. The van der Waals surface area contributed by atoms with Crippen molar-refractivity contribution in [1.29, 1.82) is 0 Å². The van der Waals surface area contributed by atoms with E-state index in [2.05, 4.69) is 26.2 Å². The summed E-state index contributed by atoms with van der Waals surface area (Å²) in [5.74, 6) is -1.45. The van der Waals surface area contributed by atoms with Crippen LogP contribution in [0.1, 0.15) is 17.3 Å². The average Bonchev–Trinajstić information content (AvgIpc) is 2.07. The van der Waals surface area contributed by atoms with Gasteiger partial charge in [0.05, 0.1) is 0 Å². The van der Waals surface area contributed by atoms with Gasteiger partial charge < -0.3 is 10.4 Å². The van der Waals surface area contributed by atoms with Gasteiger partial charge in [0.2, 0.25) is 5.91 Å². The fraction of sp³-hybridized carbons (Fsp3) is 0.125. The maximum Gasteiger partial charge on any atom is 0.339 e. The zero-order chi connectivity index (χ0) is 10.7. The number of anilines is 1. The highest BCUT2D eigenvalue weighted by Gasteiger charge is 2.12. The van der Waals surface area contributed by atoms with Gasteiger partial charge in [0.1, 0.15) is 11.4 Å². The Morgan fingerprint density at radius 3 is 2.71 bits per heavy atom. The number of rotatable bonds is 2. The number of hydrogen-bond donors (Lipinski definition) is 2. The lowest BCUT2D eigenvalue weighted by molar-refractivity contribution is -0.114. The number of aromatic carboxylic acids is 1. The molecule has 0 radical (unpaired) electrons. The Balaban J connectivity index is 3.14. The monoisotopic (exact) mass is 258 g/mol. The zero-order valence-corrected chi connectivity index (χ0v) is 8.83. The maximum absolute atomic E-state index is 10.7.